The minimum atomic E-state index is -4.73. The molecular formula is C12H14F3NO2. The summed E-state index contributed by atoms with van der Waals surface area (Å²) in [5.41, 5.74) is -2.06. The lowest BCUT2D eigenvalue weighted by atomic mass is 10.0. The summed E-state index contributed by atoms with van der Waals surface area (Å²) in [4.78, 5) is 11.3. The van der Waals surface area contributed by atoms with E-state index in [2.05, 4.69) is 10.1 Å². The number of methoxy groups -OCH3 is 1. The normalized spacial score (nSPS) is 14.9. The van der Waals surface area contributed by atoms with Crippen LogP contribution in [-0.4, -0.2) is 24.8 Å². The standard InChI is InChI=1S/C12H14F3NO2/c1-11(10(17)18-2,12(13,14)15)16-8-9-6-4-3-5-7-9/h3-7,16H,8H2,1-2H3. The molecule has 0 aliphatic rings. The predicted octanol–water partition coefficient (Wildman–Crippen LogP) is 2.27. The fraction of sp³-hybridized carbons (Fsp3) is 0.417. The van der Waals surface area contributed by atoms with Crippen molar-refractivity contribution in [3.8, 4) is 0 Å². The molecule has 0 fully saturated rings. The molecule has 1 aromatic carbocycles. The fourth-order valence-corrected chi connectivity index (χ4v) is 1.37. The molecule has 6 heteroatoms. The summed E-state index contributed by atoms with van der Waals surface area (Å²) in [5, 5.41) is 2.20. The predicted molar refractivity (Wildman–Crippen MR) is 59.8 cm³/mol. The van der Waals surface area contributed by atoms with Crippen molar-refractivity contribution in [1.29, 1.82) is 0 Å². The molecule has 1 aromatic rings. The maximum Gasteiger partial charge on any atom is 0.417 e. The molecule has 1 rings (SSSR count). The second-order valence-electron chi connectivity index (χ2n) is 3.95. The van der Waals surface area contributed by atoms with Gasteiger partial charge in [-0.15, -0.1) is 0 Å². The van der Waals surface area contributed by atoms with Gasteiger partial charge in [-0.05, 0) is 12.5 Å². The third kappa shape index (κ3) is 3.01. The van der Waals surface area contributed by atoms with Gasteiger partial charge in [0.15, 0.2) is 0 Å². The van der Waals surface area contributed by atoms with E-state index in [-0.39, 0.29) is 6.54 Å². The van der Waals surface area contributed by atoms with Gasteiger partial charge in [-0.3, -0.25) is 5.32 Å². The van der Waals surface area contributed by atoms with Crippen LogP contribution in [0.25, 0.3) is 0 Å². The van der Waals surface area contributed by atoms with Crippen molar-refractivity contribution >= 4 is 5.97 Å². The van der Waals surface area contributed by atoms with Crippen molar-refractivity contribution in [2.45, 2.75) is 25.2 Å². The summed E-state index contributed by atoms with van der Waals surface area (Å²) in [6, 6.07) is 8.51. The zero-order chi connectivity index (χ0) is 13.8. The Balaban J connectivity index is 2.84. The summed E-state index contributed by atoms with van der Waals surface area (Å²) < 4.78 is 42.9. The van der Waals surface area contributed by atoms with E-state index in [4.69, 9.17) is 0 Å². The summed E-state index contributed by atoms with van der Waals surface area (Å²) in [7, 11) is 0.927. The van der Waals surface area contributed by atoms with Gasteiger partial charge < -0.3 is 4.74 Å². The molecule has 0 saturated carbocycles. The van der Waals surface area contributed by atoms with Crippen molar-refractivity contribution in [3.05, 3.63) is 35.9 Å². The van der Waals surface area contributed by atoms with Gasteiger partial charge in [0.05, 0.1) is 7.11 Å². The van der Waals surface area contributed by atoms with Crippen molar-refractivity contribution in [2.75, 3.05) is 7.11 Å². The highest BCUT2D eigenvalue weighted by Gasteiger charge is 2.57. The zero-order valence-electron chi connectivity index (χ0n) is 10.0. The molecule has 0 bridgehead atoms. The SMILES string of the molecule is COC(=O)C(C)(NCc1ccccc1)C(F)(F)F. The number of carbonyl (C=O) groups excluding carboxylic acids is 1. The van der Waals surface area contributed by atoms with Crippen LogP contribution in [0, 0.1) is 0 Å². The van der Waals surface area contributed by atoms with E-state index in [0.29, 0.717) is 5.56 Å². The topological polar surface area (TPSA) is 38.3 Å². The van der Waals surface area contributed by atoms with Crippen LogP contribution in [-0.2, 0) is 16.1 Å². The van der Waals surface area contributed by atoms with Crippen LogP contribution in [0.15, 0.2) is 30.3 Å². The maximum atomic E-state index is 12.9. The molecule has 0 radical (unpaired) electrons. The Morgan fingerprint density at radius 2 is 1.83 bits per heavy atom. The van der Waals surface area contributed by atoms with E-state index in [1.165, 1.54) is 0 Å². The number of esters is 1. The second-order valence-corrected chi connectivity index (χ2v) is 3.95. The van der Waals surface area contributed by atoms with Crippen molar-refractivity contribution in [2.24, 2.45) is 0 Å². The first kappa shape index (κ1) is 14.5. The Labute approximate surface area is 103 Å². The van der Waals surface area contributed by atoms with E-state index < -0.39 is 17.7 Å². The zero-order valence-corrected chi connectivity index (χ0v) is 10.0. The minimum absolute atomic E-state index is 0.0774. The van der Waals surface area contributed by atoms with Gasteiger partial charge in [-0.1, -0.05) is 30.3 Å². The average Bonchev–Trinajstić information content (AvgIpc) is 2.34. The molecule has 0 aromatic heterocycles. The Hall–Kier alpha value is -1.56. The molecule has 0 aliphatic carbocycles. The van der Waals surface area contributed by atoms with Crippen LogP contribution in [0.2, 0.25) is 0 Å². The number of carbonyl (C=O) groups is 1. The molecule has 18 heavy (non-hydrogen) atoms. The van der Waals surface area contributed by atoms with Crippen LogP contribution >= 0.6 is 0 Å². The van der Waals surface area contributed by atoms with Crippen LogP contribution in [0.3, 0.4) is 0 Å². The third-order valence-corrected chi connectivity index (χ3v) is 2.65. The molecule has 1 N–H and O–H groups in total. The van der Waals surface area contributed by atoms with E-state index >= 15 is 0 Å². The van der Waals surface area contributed by atoms with Crippen LogP contribution in [0.5, 0.6) is 0 Å². The van der Waals surface area contributed by atoms with Crippen LogP contribution in [0.4, 0.5) is 13.2 Å². The molecule has 0 heterocycles. The van der Waals surface area contributed by atoms with Crippen molar-refractivity contribution in [3.63, 3.8) is 0 Å². The fourth-order valence-electron chi connectivity index (χ4n) is 1.37. The molecule has 0 spiro atoms. The lowest BCUT2D eigenvalue weighted by Crippen LogP contribution is -2.60. The van der Waals surface area contributed by atoms with Gasteiger partial charge in [0.1, 0.15) is 0 Å². The number of benzene rings is 1. The number of rotatable bonds is 4. The molecule has 0 amide bonds. The number of hydrogen-bond donors (Lipinski definition) is 1. The summed E-state index contributed by atoms with van der Waals surface area (Å²) in [6.07, 6.45) is -4.73. The minimum Gasteiger partial charge on any atom is -0.467 e. The first-order valence-corrected chi connectivity index (χ1v) is 5.25. The monoisotopic (exact) mass is 261 g/mol. The average molecular weight is 261 g/mol. The molecule has 3 nitrogen and oxygen atoms in total. The largest absolute Gasteiger partial charge is 0.467 e. The second kappa shape index (κ2) is 5.39. The lowest BCUT2D eigenvalue weighted by Gasteiger charge is -2.30. The molecule has 0 aliphatic heterocycles. The number of hydrogen-bond acceptors (Lipinski definition) is 3. The van der Waals surface area contributed by atoms with E-state index in [9.17, 15) is 18.0 Å². The van der Waals surface area contributed by atoms with Gasteiger partial charge >= 0.3 is 12.1 Å². The lowest BCUT2D eigenvalue weighted by molar-refractivity contribution is -0.208. The quantitative estimate of drug-likeness (QED) is 0.845. The van der Waals surface area contributed by atoms with Crippen LogP contribution < -0.4 is 5.32 Å². The summed E-state index contributed by atoms with van der Waals surface area (Å²) in [6.45, 7) is 0.688. The van der Waals surface area contributed by atoms with Crippen LogP contribution in [0.1, 0.15) is 12.5 Å². The Morgan fingerprint density at radius 1 is 1.28 bits per heavy atom. The highest BCUT2D eigenvalue weighted by molar-refractivity contribution is 5.81. The van der Waals surface area contributed by atoms with Gasteiger partial charge in [-0.25, -0.2) is 4.79 Å². The van der Waals surface area contributed by atoms with E-state index in [1.54, 1.807) is 30.3 Å². The Morgan fingerprint density at radius 3 is 2.28 bits per heavy atom. The number of nitrogens with one attached hydrogen (secondary N) is 1. The Bertz CT molecular complexity index is 406. The molecule has 1 atom stereocenters. The highest BCUT2D eigenvalue weighted by Crippen LogP contribution is 2.31. The first-order valence-electron chi connectivity index (χ1n) is 5.25. The van der Waals surface area contributed by atoms with Gasteiger partial charge in [0.25, 0.3) is 0 Å². The molecule has 100 valence electrons. The van der Waals surface area contributed by atoms with Gasteiger partial charge in [-0.2, -0.15) is 13.2 Å². The Kier molecular flexibility index (Phi) is 4.34. The van der Waals surface area contributed by atoms with Crippen molar-refractivity contribution < 1.29 is 22.7 Å². The first-order chi connectivity index (χ1) is 8.31. The number of alkyl halides is 3. The van der Waals surface area contributed by atoms with Gasteiger partial charge in [0, 0.05) is 6.54 Å². The molecule has 0 saturated heterocycles. The number of halogens is 3. The van der Waals surface area contributed by atoms with Gasteiger partial charge in [0.2, 0.25) is 5.54 Å². The molecule has 1 unspecified atom stereocenters. The van der Waals surface area contributed by atoms with E-state index in [1.807, 2.05) is 0 Å². The maximum absolute atomic E-state index is 12.9. The summed E-state index contributed by atoms with van der Waals surface area (Å²) >= 11 is 0. The highest BCUT2D eigenvalue weighted by atomic mass is 19.4. The van der Waals surface area contributed by atoms with E-state index in [0.717, 1.165) is 14.0 Å². The third-order valence-electron chi connectivity index (χ3n) is 2.65. The molecular weight excluding hydrogens is 247 g/mol. The number of ether oxygens (including phenoxy) is 1. The smallest absolute Gasteiger partial charge is 0.417 e. The summed E-state index contributed by atoms with van der Waals surface area (Å²) in [5.74, 6) is -1.36. The van der Waals surface area contributed by atoms with Crippen molar-refractivity contribution in [1.82, 2.24) is 5.32 Å².